The third-order valence-electron chi connectivity index (χ3n) is 8.98. The van der Waals surface area contributed by atoms with E-state index >= 15 is 0 Å². The second-order valence-electron chi connectivity index (χ2n) is 10.7. The Morgan fingerprint density at radius 1 is 1.22 bits per heavy atom. The summed E-state index contributed by atoms with van der Waals surface area (Å²) in [5, 5.41) is 15.9. The van der Waals surface area contributed by atoms with Crippen LogP contribution in [0.1, 0.15) is 50.5 Å². The lowest BCUT2D eigenvalue weighted by Gasteiger charge is -2.42. The molecule has 6 fully saturated rings. The van der Waals surface area contributed by atoms with Crippen LogP contribution in [0.15, 0.2) is 24.3 Å². The number of hydrogen-bond donors (Lipinski definition) is 2. The molecule has 0 aromatic heterocycles. The largest absolute Gasteiger partial charge is 0.336 e. The summed E-state index contributed by atoms with van der Waals surface area (Å²) in [7, 11) is 0. The molecule has 7 rings (SSSR count). The highest BCUT2D eigenvalue weighted by atomic mass is 16.2. The maximum absolute atomic E-state index is 12.9. The Hall–Kier alpha value is -2.59. The van der Waals surface area contributed by atoms with E-state index in [4.69, 9.17) is 0 Å². The van der Waals surface area contributed by atoms with E-state index in [1.807, 2.05) is 0 Å². The summed E-state index contributed by atoms with van der Waals surface area (Å²) in [6, 6.07) is 10.7. The molecule has 4 aliphatic carbocycles. The average molecular weight is 434 g/mol. The maximum Gasteiger partial charge on any atom is 0.321 e. The van der Waals surface area contributed by atoms with Crippen LogP contribution < -0.4 is 15.5 Å². The first kappa shape index (κ1) is 20.0. The number of anilines is 1. The molecule has 7 heteroatoms. The van der Waals surface area contributed by atoms with E-state index in [1.165, 1.54) is 31.2 Å². The second-order valence-corrected chi connectivity index (χ2v) is 10.7. The van der Waals surface area contributed by atoms with Gasteiger partial charge in [0.2, 0.25) is 5.91 Å². The summed E-state index contributed by atoms with van der Waals surface area (Å²) in [4.78, 5) is 28.4. The van der Waals surface area contributed by atoms with Gasteiger partial charge in [-0.25, -0.2) is 4.79 Å². The van der Waals surface area contributed by atoms with Crippen molar-refractivity contribution in [2.24, 2.45) is 11.8 Å². The van der Waals surface area contributed by atoms with Gasteiger partial charge in [0.15, 0.2) is 0 Å². The highest BCUT2D eigenvalue weighted by Crippen LogP contribution is 2.66. The first-order chi connectivity index (χ1) is 15.5. The molecule has 4 bridgehead atoms. The van der Waals surface area contributed by atoms with Crippen molar-refractivity contribution >= 4 is 17.6 Å². The van der Waals surface area contributed by atoms with Crippen molar-refractivity contribution in [3.8, 4) is 6.07 Å². The lowest BCUT2D eigenvalue weighted by Crippen LogP contribution is -2.52. The molecule has 6 aliphatic rings. The molecule has 3 amide bonds. The molecule has 2 aliphatic heterocycles. The van der Waals surface area contributed by atoms with Crippen LogP contribution in [-0.4, -0.2) is 54.6 Å². The molecule has 2 heterocycles. The van der Waals surface area contributed by atoms with Crippen LogP contribution in [0.2, 0.25) is 0 Å². The molecule has 0 spiro atoms. The topological polar surface area (TPSA) is 88.5 Å². The number of benzene rings is 1. The molecule has 32 heavy (non-hydrogen) atoms. The van der Waals surface area contributed by atoms with Crippen LogP contribution in [0.3, 0.4) is 0 Å². The fourth-order valence-corrected chi connectivity index (χ4v) is 7.78. The van der Waals surface area contributed by atoms with Crippen molar-refractivity contribution in [3.63, 3.8) is 0 Å². The van der Waals surface area contributed by atoms with E-state index < -0.39 is 0 Å². The Morgan fingerprint density at radius 2 is 2.06 bits per heavy atom. The molecule has 1 aromatic carbocycles. The molecule has 2 saturated heterocycles. The average Bonchev–Trinajstić information content (AvgIpc) is 3.54. The monoisotopic (exact) mass is 433 g/mol. The second kappa shape index (κ2) is 7.21. The van der Waals surface area contributed by atoms with Gasteiger partial charge in [0.1, 0.15) is 6.04 Å². The van der Waals surface area contributed by atoms with Crippen LogP contribution in [0, 0.1) is 23.2 Å². The molecule has 4 unspecified atom stereocenters. The molecular weight excluding hydrogens is 402 g/mol. The molecule has 168 valence electrons. The first-order valence-electron chi connectivity index (χ1n) is 12.1. The standard InChI is InChI=1S/C25H31N5O2/c26-14-21-2-1-8-29(21)22(31)15-28-25-12-17-10-19(25)13-24(11-17,16-25)18-3-5-20(6-4-18)30-9-7-27-23(30)32/h3-6,17,19,21,28H,1-2,7-13,15-16H2,(H,27,32)/t17?,19?,21-,24?,25?/m0/s1. The van der Waals surface area contributed by atoms with Gasteiger partial charge >= 0.3 is 6.03 Å². The Balaban J connectivity index is 1.18. The summed E-state index contributed by atoms with van der Waals surface area (Å²) >= 11 is 0. The number of carbonyl (C=O) groups excluding carboxylic acids is 2. The summed E-state index contributed by atoms with van der Waals surface area (Å²) in [6.07, 6.45) is 7.65. The summed E-state index contributed by atoms with van der Waals surface area (Å²) in [6.45, 7) is 2.48. The van der Waals surface area contributed by atoms with E-state index in [2.05, 4.69) is 41.0 Å². The van der Waals surface area contributed by atoms with Gasteiger partial charge < -0.3 is 15.5 Å². The van der Waals surface area contributed by atoms with Gasteiger partial charge in [-0.3, -0.25) is 9.69 Å². The number of urea groups is 1. The van der Waals surface area contributed by atoms with Crippen molar-refractivity contribution < 1.29 is 9.59 Å². The van der Waals surface area contributed by atoms with Crippen molar-refractivity contribution in [3.05, 3.63) is 29.8 Å². The Labute approximate surface area is 189 Å². The summed E-state index contributed by atoms with van der Waals surface area (Å²) < 4.78 is 0. The van der Waals surface area contributed by atoms with Crippen molar-refractivity contribution in [1.29, 1.82) is 5.26 Å². The maximum atomic E-state index is 12.9. The molecule has 2 N–H and O–H groups in total. The molecular formula is C25H31N5O2. The smallest absolute Gasteiger partial charge is 0.321 e. The van der Waals surface area contributed by atoms with Crippen LogP contribution in [0.4, 0.5) is 10.5 Å². The number of nitrogens with zero attached hydrogens (tertiary/aromatic N) is 3. The van der Waals surface area contributed by atoms with Gasteiger partial charge in [-0.05, 0) is 79.9 Å². The number of carbonyl (C=O) groups is 2. The zero-order chi connectivity index (χ0) is 21.9. The fourth-order valence-electron chi connectivity index (χ4n) is 7.78. The van der Waals surface area contributed by atoms with Crippen molar-refractivity contribution in [1.82, 2.24) is 15.5 Å². The third-order valence-corrected chi connectivity index (χ3v) is 8.98. The van der Waals surface area contributed by atoms with Gasteiger partial charge in [-0.15, -0.1) is 0 Å². The predicted molar refractivity (Wildman–Crippen MR) is 120 cm³/mol. The van der Waals surface area contributed by atoms with Gasteiger partial charge in [-0.1, -0.05) is 12.1 Å². The number of likely N-dealkylation sites (tertiary alicyclic amines) is 1. The Kier molecular flexibility index (Phi) is 4.52. The predicted octanol–water partition coefficient (Wildman–Crippen LogP) is 2.52. The van der Waals surface area contributed by atoms with E-state index in [9.17, 15) is 14.9 Å². The zero-order valence-electron chi connectivity index (χ0n) is 18.5. The van der Waals surface area contributed by atoms with Crippen LogP contribution in [0.5, 0.6) is 0 Å². The van der Waals surface area contributed by atoms with Gasteiger partial charge in [-0.2, -0.15) is 5.26 Å². The number of hydrogen-bond acceptors (Lipinski definition) is 4. The van der Waals surface area contributed by atoms with E-state index in [0.717, 1.165) is 31.5 Å². The first-order valence-corrected chi connectivity index (χ1v) is 12.1. The third kappa shape index (κ3) is 2.96. The van der Waals surface area contributed by atoms with E-state index in [0.29, 0.717) is 31.5 Å². The van der Waals surface area contributed by atoms with Gasteiger partial charge in [0, 0.05) is 30.9 Å². The number of rotatable bonds is 5. The Morgan fingerprint density at radius 3 is 2.81 bits per heavy atom. The lowest BCUT2D eigenvalue weighted by atomic mass is 9.65. The number of nitrogens with one attached hydrogen (secondary N) is 2. The number of amides is 3. The van der Waals surface area contributed by atoms with Crippen molar-refractivity contribution in [2.45, 2.75) is 61.9 Å². The molecule has 0 radical (unpaired) electrons. The minimum atomic E-state index is -0.249. The molecule has 4 saturated carbocycles. The van der Waals surface area contributed by atoms with Crippen LogP contribution >= 0.6 is 0 Å². The van der Waals surface area contributed by atoms with Gasteiger partial charge in [0.25, 0.3) is 0 Å². The minimum absolute atomic E-state index is 0.0137. The highest BCUT2D eigenvalue weighted by Gasteiger charge is 2.64. The van der Waals surface area contributed by atoms with E-state index in [-0.39, 0.29) is 28.9 Å². The quantitative estimate of drug-likeness (QED) is 0.747. The molecule has 7 nitrogen and oxygen atoms in total. The van der Waals surface area contributed by atoms with Crippen LogP contribution in [-0.2, 0) is 10.2 Å². The van der Waals surface area contributed by atoms with Crippen LogP contribution in [0.25, 0.3) is 0 Å². The van der Waals surface area contributed by atoms with Crippen molar-refractivity contribution in [2.75, 3.05) is 31.1 Å². The minimum Gasteiger partial charge on any atom is -0.336 e. The van der Waals surface area contributed by atoms with E-state index in [1.54, 1.807) is 9.80 Å². The SMILES string of the molecule is N#C[C@@H]1CCCN1C(=O)CNC12CC3CC1CC(c1ccc(N4CCNC4=O)cc1)(C3)C2. The normalized spacial score (nSPS) is 37.2. The summed E-state index contributed by atoms with van der Waals surface area (Å²) in [5.41, 5.74) is 2.57. The zero-order valence-corrected chi connectivity index (χ0v) is 18.5. The fraction of sp³-hybridized carbons (Fsp3) is 0.640. The Bertz CT molecular complexity index is 987. The summed E-state index contributed by atoms with van der Waals surface area (Å²) in [5.74, 6) is 1.41. The highest BCUT2D eigenvalue weighted by molar-refractivity contribution is 5.94. The molecule has 5 atom stereocenters. The number of nitriles is 1. The lowest BCUT2D eigenvalue weighted by molar-refractivity contribution is -0.130. The molecule has 1 aromatic rings. The van der Waals surface area contributed by atoms with Gasteiger partial charge in [0.05, 0.1) is 12.6 Å².